The molecule has 1 rings (SSSR count). The Bertz CT molecular complexity index is 407. The molecule has 3 nitrogen and oxygen atoms in total. The zero-order valence-corrected chi connectivity index (χ0v) is 12.1. The van der Waals surface area contributed by atoms with Crippen molar-refractivity contribution in [3.8, 4) is 0 Å². The van der Waals surface area contributed by atoms with Gasteiger partial charge in [-0.05, 0) is 45.4 Å². The highest BCUT2D eigenvalue weighted by molar-refractivity contribution is 6.30. The third kappa shape index (κ3) is 4.67. The van der Waals surface area contributed by atoms with Crippen molar-refractivity contribution in [3.05, 3.63) is 34.9 Å². The summed E-state index contributed by atoms with van der Waals surface area (Å²) in [5.41, 5.74) is 1.08. The second kappa shape index (κ2) is 6.76. The van der Waals surface area contributed by atoms with E-state index in [2.05, 4.69) is 10.6 Å². The molecule has 0 saturated carbocycles. The molecule has 0 spiro atoms. The maximum absolute atomic E-state index is 11.8. The Labute approximate surface area is 114 Å². The van der Waals surface area contributed by atoms with Crippen LogP contribution in [-0.2, 0) is 4.79 Å². The molecule has 0 fully saturated rings. The highest BCUT2D eigenvalue weighted by atomic mass is 35.5. The zero-order valence-electron chi connectivity index (χ0n) is 11.3. The molecule has 4 heteroatoms. The summed E-state index contributed by atoms with van der Waals surface area (Å²) in [7, 11) is 0. The molecule has 0 bridgehead atoms. The van der Waals surface area contributed by atoms with E-state index in [1.165, 1.54) is 0 Å². The molecule has 1 unspecified atom stereocenters. The third-order valence-electron chi connectivity index (χ3n) is 2.67. The van der Waals surface area contributed by atoms with E-state index in [9.17, 15) is 4.79 Å². The van der Waals surface area contributed by atoms with Gasteiger partial charge in [-0.2, -0.15) is 0 Å². The molecule has 1 amide bonds. The normalized spacial score (nSPS) is 14.3. The highest BCUT2D eigenvalue weighted by Crippen LogP contribution is 2.17. The molecule has 100 valence electrons. The van der Waals surface area contributed by atoms with Crippen LogP contribution in [0.15, 0.2) is 24.3 Å². The van der Waals surface area contributed by atoms with Crippen LogP contribution < -0.4 is 10.6 Å². The van der Waals surface area contributed by atoms with Gasteiger partial charge in [-0.15, -0.1) is 0 Å². The molecule has 0 heterocycles. The number of halogens is 1. The van der Waals surface area contributed by atoms with Crippen molar-refractivity contribution in [2.75, 3.05) is 0 Å². The summed E-state index contributed by atoms with van der Waals surface area (Å²) in [6, 6.07) is 7.66. The number of benzene rings is 1. The topological polar surface area (TPSA) is 41.1 Å². The fourth-order valence-electron chi connectivity index (χ4n) is 1.73. The number of carbonyl (C=O) groups is 1. The number of hydrogen-bond donors (Lipinski definition) is 2. The van der Waals surface area contributed by atoms with E-state index in [0.29, 0.717) is 5.02 Å². The van der Waals surface area contributed by atoms with Gasteiger partial charge in [0.25, 0.3) is 0 Å². The van der Waals surface area contributed by atoms with Crippen molar-refractivity contribution < 1.29 is 4.79 Å². The van der Waals surface area contributed by atoms with Crippen molar-refractivity contribution in [1.29, 1.82) is 0 Å². The van der Waals surface area contributed by atoms with Gasteiger partial charge in [0.15, 0.2) is 0 Å². The van der Waals surface area contributed by atoms with E-state index < -0.39 is 0 Å². The van der Waals surface area contributed by atoms with E-state index >= 15 is 0 Å². The summed E-state index contributed by atoms with van der Waals surface area (Å²) >= 11 is 5.95. The lowest BCUT2D eigenvalue weighted by Crippen LogP contribution is -2.45. The Morgan fingerprint density at radius 2 is 1.89 bits per heavy atom. The second-order valence-corrected chi connectivity index (χ2v) is 5.26. The van der Waals surface area contributed by atoms with Gasteiger partial charge in [-0.3, -0.25) is 10.1 Å². The molecule has 2 atom stereocenters. The molecule has 0 aliphatic heterocycles. The predicted octanol–water partition coefficient (Wildman–Crippen LogP) is 2.90. The fourth-order valence-corrected chi connectivity index (χ4v) is 1.93. The summed E-state index contributed by atoms with van der Waals surface area (Å²) in [5, 5.41) is 6.85. The number of rotatable bonds is 5. The number of carbonyl (C=O) groups excluding carboxylic acids is 1. The van der Waals surface area contributed by atoms with Gasteiger partial charge < -0.3 is 5.32 Å². The minimum Gasteiger partial charge on any atom is -0.353 e. The molecular formula is C14H21ClN2O. The van der Waals surface area contributed by atoms with E-state index in [1.807, 2.05) is 52.0 Å². The lowest BCUT2D eigenvalue weighted by Gasteiger charge is -2.21. The SMILES string of the molecule is CC(C)NC(=O)C(C)N[C@H](C)c1cccc(Cl)c1. The van der Waals surface area contributed by atoms with Crippen LogP contribution in [0.1, 0.15) is 39.3 Å². The van der Waals surface area contributed by atoms with Crippen LogP contribution >= 0.6 is 11.6 Å². The van der Waals surface area contributed by atoms with E-state index in [4.69, 9.17) is 11.6 Å². The summed E-state index contributed by atoms with van der Waals surface area (Å²) in [5.74, 6) is 0.0129. The first kappa shape index (κ1) is 15.0. The Morgan fingerprint density at radius 1 is 1.22 bits per heavy atom. The lowest BCUT2D eigenvalue weighted by atomic mass is 10.1. The highest BCUT2D eigenvalue weighted by Gasteiger charge is 2.16. The van der Waals surface area contributed by atoms with E-state index in [1.54, 1.807) is 0 Å². The molecule has 0 aliphatic carbocycles. The molecule has 0 aromatic heterocycles. The van der Waals surface area contributed by atoms with Gasteiger partial charge in [0.2, 0.25) is 5.91 Å². The lowest BCUT2D eigenvalue weighted by molar-refractivity contribution is -0.123. The number of amides is 1. The monoisotopic (exact) mass is 268 g/mol. The van der Waals surface area contributed by atoms with Crippen LogP contribution in [0.4, 0.5) is 0 Å². The van der Waals surface area contributed by atoms with Crippen LogP contribution in [0, 0.1) is 0 Å². The van der Waals surface area contributed by atoms with Crippen LogP contribution in [0.5, 0.6) is 0 Å². The van der Waals surface area contributed by atoms with Crippen LogP contribution in [0.25, 0.3) is 0 Å². The first-order valence-electron chi connectivity index (χ1n) is 6.22. The minimum absolute atomic E-state index is 0.0129. The predicted molar refractivity (Wildman–Crippen MR) is 75.7 cm³/mol. The minimum atomic E-state index is -0.235. The maximum atomic E-state index is 11.8. The smallest absolute Gasteiger partial charge is 0.237 e. The summed E-state index contributed by atoms with van der Waals surface area (Å²) in [6.45, 7) is 7.78. The van der Waals surface area contributed by atoms with Gasteiger partial charge in [0, 0.05) is 17.1 Å². The van der Waals surface area contributed by atoms with Gasteiger partial charge in [0.1, 0.15) is 0 Å². The molecule has 0 radical (unpaired) electrons. The van der Waals surface area contributed by atoms with Gasteiger partial charge >= 0.3 is 0 Å². The zero-order chi connectivity index (χ0) is 13.7. The van der Waals surface area contributed by atoms with Gasteiger partial charge in [-0.1, -0.05) is 23.7 Å². The molecule has 0 aliphatic rings. The first-order chi connectivity index (χ1) is 8.40. The Morgan fingerprint density at radius 3 is 2.44 bits per heavy atom. The fraction of sp³-hybridized carbons (Fsp3) is 0.500. The average Bonchev–Trinajstić information content (AvgIpc) is 2.27. The largest absolute Gasteiger partial charge is 0.353 e. The number of hydrogen-bond acceptors (Lipinski definition) is 2. The molecule has 18 heavy (non-hydrogen) atoms. The van der Waals surface area contributed by atoms with Crippen molar-refractivity contribution in [3.63, 3.8) is 0 Å². The van der Waals surface area contributed by atoms with Crippen molar-refractivity contribution >= 4 is 17.5 Å². The molecule has 2 N–H and O–H groups in total. The molecule has 0 saturated heterocycles. The molecule has 1 aromatic carbocycles. The number of nitrogens with one attached hydrogen (secondary N) is 2. The standard InChI is InChI=1S/C14H21ClN2O/c1-9(2)16-14(18)11(4)17-10(3)12-6-5-7-13(15)8-12/h5-11,17H,1-4H3,(H,16,18)/t10-,11?/m1/s1. The van der Waals surface area contributed by atoms with Crippen molar-refractivity contribution in [1.82, 2.24) is 10.6 Å². The van der Waals surface area contributed by atoms with E-state index in [0.717, 1.165) is 5.56 Å². The van der Waals surface area contributed by atoms with Crippen LogP contribution in [0.2, 0.25) is 5.02 Å². The average molecular weight is 269 g/mol. The van der Waals surface area contributed by atoms with Crippen LogP contribution in [-0.4, -0.2) is 18.0 Å². The third-order valence-corrected chi connectivity index (χ3v) is 2.91. The van der Waals surface area contributed by atoms with Gasteiger partial charge in [0.05, 0.1) is 6.04 Å². The molecular weight excluding hydrogens is 248 g/mol. The summed E-state index contributed by atoms with van der Waals surface area (Å²) in [4.78, 5) is 11.8. The van der Waals surface area contributed by atoms with Crippen molar-refractivity contribution in [2.45, 2.75) is 45.8 Å². The Kier molecular flexibility index (Phi) is 5.63. The van der Waals surface area contributed by atoms with Crippen LogP contribution in [0.3, 0.4) is 0 Å². The second-order valence-electron chi connectivity index (χ2n) is 4.83. The van der Waals surface area contributed by atoms with Crippen molar-refractivity contribution in [2.24, 2.45) is 0 Å². The molecule has 1 aromatic rings. The Balaban J connectivity index is 2.59. The Hall–Kier alpha value is -1.06. The first-order valence-corrected chi connectivity index (χ1v) is 6.60. The van der Waals surface area contributed by atoms with Gasteiger partial charge in [-0.25, -0.2) is 0 Å². The summed E-state index contributed by atoms with van der Waals surface area (Å²) < 4.78 is 0. The maximum Gasteiger partial charge on any atom is 0.237 e. The van der Waals surface area contributed by atoms with E-state index in [-0.39, 0.29) is 24.0 Å². The summed E-state index contributed by atoms with van der Waals surface area (Å²) in [6.07, 6.45) is 0. The quantitative estimate of drug-likeness (QED) is 0.862.